The molecule has 0 radical (unpaired) electrons. The number of aliphatic hydroxyl groups is 2. The zero-order valence-corrected chi connectivity index (χ0v) is 5.26. The molecule has 1 aliphatic rings. The van der Waals surface area contributed by atoms with E-state index in [-0.39, 0.29) is 0 Å². The first-order chi connectivity index (χ1) is 3.72. The maximum atomic E-state index is 8.19. The minimum Gasteiger partial charge on any atom is -0.390 e. The predicted octanol–water partition coefficient (Wildman–Crippen LogP) is -1.05. The zero-order valence-electron chi connectivity index (χ0n) is 5.26. The molecular weight excluding hydrogens is 106 g/mol. The summed E-state index contributed by atoms with van der Waals surface area (Å²) >= 11 is 0. The van der Waals surface area contributed by atoms with Crippen molar-refractivity contribution in [2.45, 2.75) is 18.6 Å². The van der Waals surface area contributed by atoms with E-state index in [1.165, 1.54) is 0 Å². The van der Waals surface area contributed by atoms with E-state index in [0.717, 1.165) is 0 Å². The van der Waals surface area contributed by atoms with Crippen LogP contribution in [-0.2, 0) is 0 Å². The summed E-state index contributed by atoms with van der Waals surface area (Å²) in [4.78, 5) is 0. The van der Waals surface area contributed by atoms with Crippen LogP contribution in [0.5, 0.6) is 0 Å². The van der Waals surface area contributed by atoms with Crippen molar-refractivity contribution in [3.63, 3.8) is 0 Å². The average Bonchev–Trinajstić information content (AvgIpc) is 2.22. The Balaban J connectivity index is 0.000000145. The van der Waals surface area contributed by atoms with Crippen LogP contribution < -0.4 is 5.32 Å². The molecule has 0 bridgehead atoms. The summed E-state index contributed by atoms with van der Waals surface area (Å²) in [7, 11) is 3.75. The lowest BCUT2D eigenvalue weighted by Crippen LogP contribution is -1.89. The number of hydrogen-bond acceptors (Lipinski definition) is 3. The second kappa shape index (κ2) is 3.83. The van der Waals surface area contributed by atoms with Gasteiger partial charge in [-0.1, -0.05) is 0 Å². The standard InChI is InChI=1S/C3H6O2.C2H7N/c4-2-1-3(2)5;1-3-2/h2-5H,1H2;3H,1-2H3. The summed E-state index contributed by atoms with van der Waals surface area (Å²) in [6, 6.07) is 0. The van der Waals surface area contributed by atoms with E-state index >= 15 is 0 Å². The van der Waals surface area contributed by atoms with Gasteiger partial charge in [-0.05, 0) is 14.1 Å². The Morgan fingerprint density at radius 1 is 1.25 bits per heavy atom. The van der Waals surface area contributed by atoms with Gasteiger partial charge in [0, 0.05) is 6.42 Å². The van der Waals surface area contributed by atoms with E-state index in [9.17, 15) is 0 Å². The van der Waals surface area contributed by atoms with Gasteiger partial charge in [0.15, 0.2) is 0 Å². The summed E-state index contributed by atoms with van der Waals surface area (Å²) in [5.74, 6) is 0. The van der Waals surface area contributed by atoms with E-state index < -0.39 is 12.2 Å². The molecular formula is C5H13NO2. The molecule has 1 aliphatic carbocycles. The molecule has 0 aromatic heterocycles. The van der Waals surface area contributed by atoms with Gasteiger partial charge in [-0.15, -0.1) is 0 Å². The lowest BCUT2D eigenvalue weighted by Gasteiger charge is -1.69. The second-order valence-corrected chi connectivity index (χ2v) is 1.87. The highest BCUT2D eigenvalue weighted by Crippen LogP contribution is 2.18. The fourth-order valence-electron chi connectivity index (χ4n) is 0.169. The van der Waals surface area contributed by atoms with Crippen molar-refractivity contribution in [3.05, 3.63) is 0 Å². The molecule has 0 aliphatic heterocycles. The van der Waals surface area contributed by atoms with Crippen LogP contribution in [0.3, 0.4) is 0 Å². The molecule has 0 aromatic carbocycles. The first kappa shape index (κ1) is 7.88. The Kier molecular flexibility index (Phi) is 3.77. The quantitative estimate of drug-likeness (QED) is 0.381. The van der Waals surface area contributed by atoms with Crippen LogP contribution in [0.15, 0.2) is 0 Å². The van der Waals surface area contributed by atoms with Crippen molar-refractivity contribution < 1.29 is 10.2 Å². The lowest BCUT2D eigenvalue weighted by molar-refractivity contribution is 0.180. The molecule has 0 amide bonds. The lowest BCUT2D eigenvalue weighted by atomic mass is 10.8. The van der Waals surface area contributed by atoms with Gasteiger partial charge in [0.1, 0.15) is 0 Å². The van der Waals surface area contributed by atoms with Crippen molar-refractivity contribution >= 4 is 0 Å². The Morgan fingerprint density at radius 3 is 1.38 bits per heavy atom. The summed E-state index contributed by atoms with van der Waals surface area (Å²) in [5, 5.41) is 19.1. The molecule has 8 heavy (non-hydrogen) atoms. The van der Waals surface area contributed by atoms with Crippen LogP contribution in [0.2, 0.25) is 0 Å². The molecule has 2 atom stereocenters. The molecule has 0 spiro atoms. The van der Waals surface area contributed by atoms with Gasteiger partial charge in [-0.2, -0.15) is 0 Å². The van der Waals surface area contributed by atoms with Gasteiger partial charge in [0.25, 0.3) is 0 Å². The van der Waals surface area contributed by atoms with E-state index in [4.69, 9.17) is 10.2 Å². The number of rotatable bonds is 0. The molecule has 2 unspecified atom stereocenters. The van der Waals surface area contributed by atoms with E-state index in [1.54, 1.807) is 0 Å². The first-order valence-electron chi connectivity index (χ1n) is 2.67. The van der Waals surface area contributed by atoms with Gasteiger partial charge in [-0.3, -0.25) is 0 Å². The Labute approximate surface area is 49.3 Å². The summed E-state index contributed by atoms with van der Waals surface area (Å²) in [6.07, 6.45) is -0.204. The van der Waals surface area contributed by atoms with Crippen LogP contribution in [0.4, 0.5) is 0 Å². The topological polar surface area (TPSA) is 52.5 Å². The molecule has 3 N–H and O–H groups in total. The fourth-order valence-corrected chi connectivity index (χ4v) is 0.169. The third-order valence-corrected chi connectivity index (χ3v) is 0.724. The van der Waals surface area contributed by atoms with Gasteiger partial charge in [-0.25, -0.2) is 0 Å². The molecule has 50 valence electrons. The smallest absolute Gasteiger partial charge is 0.0825 e. The van der Waals surface area contributed by atoms with Crippen LogP contribution in [-0.4, -0.2) is 36.5 Å². The highest BCUT2D eigenvalue weighted by atomic mass is 16.3. The molecule has 3 nitrogen and oxygen atoms in total. The molecule has 1 fully saturated rings. The molecule has 1 saturated carbocycles. The normalized spacial score (nSPS) is 33.0. The van der Waals surface area contributed by atoms with E-state index in [1.807, 2.05) is 14.1 Å². The van der Waals surface area contributed by atoms with Gasteiger partial charge < -0.3 is 15.5 Å². The van der Waals surface area contributed by atoms with Crippen LogP contribution >= 0.6 is 0 Å². The molecule has 0 aromatic rings. The molecule has 1 rings (SSSR count). The predicted molar refractivity (Wildman–Crippen MR) is 31.6 cm³/mol. The minimum absolute atomic E-state index is 0.394. The summed E-state index contributed by atoms with van der Waals surface area (Å²) < 4.78 is 0. The van der Waals surface area contributed by atoms with Crippen molar-refractivity contribution in [2.24, 2.45) is 0 Å². The van der Waals surface area contributed by atoms with Crippen LogP contribution in [0.25, 0.3) is 0 Å². The van der Waals surface area contributed by atoms with Gasteiger partial charge in [0.05, 0.1) is 12.2 Å². The van der Waals surface area contributed by atoms with Crippen molar-refractivity contribution in [1.29, 1.82) is 0 Å². The Morgan fingerprint density at radius 2 is 1.38 bits per heavy atom. The fraction of sp³-hybridized carbons (Fsp3) is 1.00. The van der Waals surface area contributed by atoms with Crippen molar-refractivity contribution in [2.75, 3.05) is 14.1 Å². The maximum Gasteiger partial charge on any atom is 0.0825 e. The van der Waals surface area contributed by atoms with E-state index in [0.29, 0.717) is 6.42 Å². The summed E-state index contributed by atoms with van der Waals surface area (Å²) in [5.41, 5.74) is 0. The number of aliphatic hydroxyl groups excluding tert-OH is 2. The molecule has 0 saturated heterocycles. The Bertz CT molecular complexity index is 52.4. The largest absolute Gasteiger partial charge is 0.390 e. The third-order valence-electron chi connectivity index (χ3n) is 0.724. The maximum absolute atomic E-state index is 8.19. The molecule has 0 heterocycles. The Hall–Kier alpha value is -0.120. The van der Waals surface area contributed by atoms with Gasteiger partial charge in [0.2, 0.25) is 0 Å². The first-order valence-corrected chi connectivity index (χ1v) is 2.67. The molecule has 3 heteroatoms. The third kappa shape index (κ3) is 4.05. The zero-order chi connectivity index (χ0) is 6.57. The van der Waals surface area contributed by atoms with Crippen LogP contribution in [0.1, 0.15) is 6.42 Å². The highest BCUT2D eigenvalue weighted by Gasteiger charge is 2.32. The monoisotopic (exact) mass is 119 g/mol. The number of hydrogen-bond donors (Lipinski definition) is 3. The van der Waals surface area contributed by atoms with Crippen molar-refractivity contribution in [1.82, 2.24) is 5.32 Å². The van der Waals surface area contributed by atoms with E-state index in [2.05, 4.69) is 5.32 Å². The van der Waals surface area contributed by atoms with Crippen LogP contribution in [0, 0.1) is 0 Å². The number of nitrogens with one attached hydrogen (secondary N) is 1. The van der Waals surface area contributed by atoms with Gasteiger partial charge >= 0.3 is 0 Å². The second-order valence-electron chi connectivity index (χ2n) is 1.87. The average molecular weight is 119 g/mol. The highest BCUT2D eigenvalue weighted by molar-refractivity contribution is 4.84. The minimum atomic E-state index is -0.394. The SMILES string of the molecule is CNC.OC1CC1O. The summed E-state index contributed by atoms with van der Waals surface area (Å²) in [6.45, 7) is 0. The van der Waals surface area contributed by atoms with Crippen molar-refractivity contribution in [3.8, 4) is 0 Å².